The summed E-state index contributed by atoms with van der Waals surface area (Å²) in [5, 5.41) is 8.21. The first-order valence-electron chi connectivity index (χ1n) is 2.94. The predicted octanol–water partition coefficient (Wildman–Crippen LogP) is -3.08. The van der Waals surface area contributed by atoms with Crippen LogP contribution in [0.4, 0.5) is 0 Å². The van der Waals surface area contributed by atoms with E-state index in [2.05, 4.69) is 6.07 Å². The fourth-order valence-corrected chi connectivity index (χ4v) is 0.115. The molecule has 0 heterocycles. The molecule has 0 aliphatic rings. The summed E-state index contributed by atoms with van der Waals surface area (Å²) in [7, 11) is -0.901. The van der Waals surface area contributed by atoms with Gasteiger partial charge in [0.2, 0.25) is 0 Å². The Kier molecular flexibility index (Phi) is 14.3. The van der Waals surface area contributed by atoms with Gasteiger partial charge in [-0.2, -0.15) is 13.7 Å². The van der Waals surface area contributed by atoms with Gasteiger partial charge < -0.3 is 1.43 Å². The van der Waals surface area contributed by atoms with Crippen LogP contribution in [-0.2, 0) is 10.4 Å². The SMILES string of the molecule is CC(C#N)N(C)C.O=S(=O)(O)O.[H-].[K+]. The summed E-state index contributed by atoms with van der Waals surface area (Å²) >= 11 is 0. The van der Waals surface area contributed by atoms with Gasteiger partial charge in [-0.15, -0.1) is 0 Å². The van der Waals surface area contributed by atoms with Crippen LogP contribution in [0.1, 0.15) is 8.35 Å². The van der Waals surface area contributed by atoms with Gasteiger partial charge >= 0.3 is 61.8 Å². The summed E-state index contributed by atoms with van der Waals surface area (Å²) in [5.74, 6) is 0. The van der Waals surface area contributed by atoms with E-state index >= 15 is 0 Å². The molecule has 0 saturated heterocycles. The van der Waals surface area contributed by atoms with Gasteiger partial charge in [-0.3, -0.25) is 14.0 Å². The molecule has 0 aromatic heterocycles. The molecule has 2 N–H and O–H groups in total. The molecule has 0 radical (unpaired) electrons. The van der Waals surface area contributed by atoms with Crippen LogP contribution in [0.15, 0.2) is 0 Å². The molecule has 6 nitrogen and oxygen atoms in total. The minimum absolute atomic E-state index is 0. The van der Waals surface area contributed by atoms with Gasteiger partial charge in [-0.05, 0) is 21.0 Å². The van der Waals surface area contributed by atoms with E-state index in [1.54, 1.807) is 0 Å². The van der Waals surface area contributed by atoms with Crippen molar-refractivity contribution in [1.29, 1.82) is 5.26 Å². The van der Waals surface area contributed by atoms with Crippen molar-refractivity contribution in [3.63, 3.8) is 0 Å². The summed E-state index contributed by atoms with van der Waals surface area (Å²) in [4.78, 5) is 1.86. The van der Waals surface area contributed by atoms with Crippen LogP contribution in [0.3, 0.4) is 0 Å². The minimum Gasteiger partial charge on any atom is -1.00 e. The Balaban J connectivity index is -0.0000000651. The average Bonchev–Trinajstić information content (AvgIpc) is 1.82. The molecule has 0 aromatic rings. The second-order valence-electron chi connectivity index (χ2n) is 2.22. The topological polar surface area (TPSA) is 102 Å². The minimum atomic E-state index is -4.67. The number of rotatable bonds is 1. The Bertz CT molecular complexity index is 243. The third-order valence-corrected chi connectivity index (χ3v) is 0.961. The quantitative estimate of drug-likeness (QED) is 0.370. The molecule has 8 heteroatoms. The molecular formula is C5H13KN2O4S. The Hall–Kier alpha value is 0.956. The van der Waals surface area contributed by atoms with E-state index < -0.39 is 10.4 Å². The van der Waals surface area contributed by atoms with Crippen LogP contribution >= 0.6 is 0 Å². The molecule has 0 aliphatic carbocycles. The molecule has 0 spiro atoms. The maximum atomic E-state index is 8.74. The average molecular weight is 236 g/mol. The Morgan fingerprint density at radius 1 is 1.46 bits per heavy atom. The predicted molar refractivity (Wildman–Crippen MR) is 44.1 cm³/mol. The molecule has 0 aromatic carbocycles. The van der Waals surface area contributed by atoms with Crippen LogP contribution in [0.5, 0.6) is 0 Å². The number of nitrogens with zero attached hydrogens (tertiary/aromatic N) is 2. The van der Waals surface area contributed by atoms with Crippen molar-refractivity contribution in [2.75, 3.05) is 14.1 Å². The van der Waals surface area contributed by atoms with E-state index in [4.69, 9.17) is 22.8 Å². The first kappa shape index (κ1) is 19.5. The van der Waals surface area contributed by atoms with E-state index in [0.29, 0.717) is 0 Å². The van der Waals surface area contributed by atoms with Gasteiger partial charge in [-0.25, -0.2) is 0 Å². The molecule has 0 saturated carbocycles. The number of nitriles is 1. The van der Waals surface area contributed by atoms with Crippen molar-refractivity contribution >= 4 is 10.4 Å². The van der Waals surface area contributed by atoms with E-state index in [-0.39, 0.29) is 58.9 Å². The third kappa shape index (κ3) is 32.1. The first-order valence-corrected chi connectivity index (χ1v) is 4.34. The van der Waals surface area contributed by atoms with Gasteiger partial charge in [0.05, 0.1) is 12.1 Å². The smallest absolute Gasteiger partial charge is 1.00 e. The Morgan fingerprint density at radius 3 is 1.69 bits per heavy atom. The van der Waals surface area contributed by atoms with Crippen molar-refractivity contribution in [3.05, 3.63) is 0 Å². The molecule has 0 fully saturated rings. The largest absolute Gasteiger partial charge is 1.00 e. The van der Waals surface area contributed by atoms with E-state index in [1.165, 1.54) is 0 Å². The van der Waals surface area contributed by atoms with Crippen LogP contribution in [0.2, 0.25) is 0 Å². The van der Waals surface area contributed by atoms with Crippen molar-refractivity contribution in [3.8, 4) is 6.07 Å². The Labute approximate surface area is 122 Å². The molecule has 0 aliphatic heterocycles. The normalized spacial score (nSPS) is 11.8. The van der Waals surface area contributed by atoms with Gasteiger partial charge in [-0.1, -0.05) is 0 Å². The summed E-state index contributed by atoms with van der Waals surface area (Å²) in [6.07, 6.45) is 0. The van der Waals surface area contributed by atoms with E-state index in [1.807, 2.05) is 25.9 Å². The molecular weight excluding hydrogens is 223 g/mol. The second kappa shape index (κ2) is 9.51. The zero-order valence-electron chi connectivity index (χ0n) is 9.09. The number of hydrogen-bond acceptors (Lipinski definition) is 4. The molecule has 74 valence electrons. The fraction of sp³-hybridized carbons (Fsp3) is 0.800. The third-order valence-electron chi connectivity index (χ3n) is 0.961. The van der Waals surface area contributed by atoms with Crippen molar-refractivity contribution in [1.82, 2.24) is 4.90 Å². The van der Waals surface area contributed by atoms with Crippen molar-refractivity contribution in [2.45, 2.75) is 13.0 Å². The standard InChI is InChI=1S/C5H10N2.K.H2O4S.H/c1-5(4-6)7(2)3;;1-5(2,3)4;/h5H,1-3H3;;(H2,1,2,3,4);/q;+1;;-1. The monoisotopic (exact) mass is 236 g/mol. The van der Waals surface area contributed by atoms with Crippen molar-refractivity contribution < 1.29 is 70.3 Å². The van der Waals surface area contributed by atoms with Crippen LogP contribution in [0.25, 0.3) is 0 Å². The van der Waals surface area contributed by atoms with E-state index in [9.17, 15) is 0 Å². The maximum absolute atomic E-state index is 8.74. The van der Waals surface area contributed by atoms with Gasteiger partial charge in [0.1, 0.15) is 0 Å². The Morgan fingerprint density at radius 2 is 1.69 bits per heavy atom. The van der Waals surface area contributed by atoms with Gasteiger partial charge in [0.25, 0.3) is 0 Å². The van der Waals surface area contributed by atoms with E-state index in [0.717, 1.165) is 0 Å². The zero-order valence-corrected chi connectivity index (χ0v) is 12.0. The fourth-order valence-electron chi connectivity index (χ4n) is 0.115. The molecule has 1 unspecified atom stereocenters. The van der Waals surface area contributed by atoms with Crippen LogP contribution < -0.4 is 51.4 Å². The molecule has 0 rings (SSSR count). The molecule has 1 atom stereocenters. The van der Waals surface area contributed by atoms with Gasteiger partial charge in [0.15, 0.2) is 0 Å². The zero-order chi connectivity index (χ0) is 10.4. The first-order chi connectivity index (χ1) is 5.18. The second-order valence-corrected chi connectivity index (χ2v) is 3.11. The molecule has 0 bridgehead atoms. The summed E-state index contributed by atoms with van der Waals surface area (Å²) in [6.45, 7) is 1.86. The summed E-state index contributed by atoms with van der Waals surface area (Å²) < 4.78 is 31.6. The van der Waals surface area contributed by atoms with Crippen LogP contribution in [0, 0.1) is 11.3 Å². The maximum Gasteiger partial charge on any atom is 1.00 e. The molecule has 13 heavy (non-hydrogen) atoms. The van der Waals surface area contributed by atoms with Crippen LogP contribution in [-0.4, -0.2) is 42.6 Å². The number of hydrogen-bond donors (Lipinski definition) is 2. The summed E-state index contributed by atoms with van der Waals surface area (Å²) in [5.41, 5.74) is 0. The van der Waals surface area contributed by atoms with Crippen molar-refractivity contribution in [2.24, 2.45) is 0 Å². The van der Waals surface area contributed by atoms with Gasteiger partial charge in [0, 0.05) is 0 Å². The molecule has 0 amide bonds. The summed E-state index contributed by atoms with van der Waals surface area (Å²) in [6, 6.07) is 2.13.